The maximum absolute atomic E-state index is 12.1. The van der Waals surface area contributed by atoms with E-state index >= 15 is 0 Å². The van der Waals surface area contributed by atoms with Gasteiger partial charge in [-0.05, 0) is 43.5 Å². The zero-order valence-corrected chi connectivity index (χ0v) is 12.2. The summed E-state index contributed by atoms with van der Waals surface area (Å²) in [7, 11) is 1.62. The number of nitrogens with one attached hydrogen (secondary N) is 1. The van der Waals surface area contributed by atoms with Gasteiger partial charge in [0, 0.05) is 5.69 Å². The molecule has 0 aliphatic heterocycles. The van der Waals surface area contributed by atoms with Crippen LogP contribution in [0, 0.1) is 6.92 Å². The van der Waals surface area contributed by atoms with Crippen molar-refractivity contribution in [3.05, 3.63) is 23.8 Å². The Bertz CT molecular complexity index is 479. The summed E-state index contributed by atoms with van der Waals surface area (Å²) in [6, 6.07) is 5.53. The molecule has 0 spiro atoms. The van der Waals surface area contributed by atoms with Crippen molar-refractivity contribution < 1.29 is 14.6 Å². The van der Waals surface area contributed by atoms with Gasteiger partial charge in [0.05, 0.1) is 19.1 Å². The van der Waals surface area contributed by atoms with Gasteiger partial charge in [-0.25, -0.2) is 0 Å². The molecule has 1 aliphatic rings. The van der Waals surface area contributed by atoms with Crippen LogP contribution in [0.2, 0.25) is 0 Å². The number of ether oxygens (including phenoxy) is 1. The predicted molar refractivity (Wildman–Crippen MR) is 79.0 cm³/mol. The molecule has 4 nitrogen and oxygen atoms in total. The smallest absolute Gasteiger partial charge is 0.227 e. The minimum absolute atomic E-state index is 0.123. The van der Waals surface area contributed by atoms with E-state index in [2.05, 4.69) is 5.32 Å². The molecule has 4 heteroatoms. The van der Waals surface area contributed by atoms with E-state index in [0.29, 0.717) is 0 Å². The van der Waals surface area contributed by atoms with Crippen LogP contribution in [0.15, 0.2) is 18.2 Å². The Balaban J connectivity index is 1.97. The second-order valence-corrected chi connectivity index (χ2v) is 5.69. The summed E-state index contributed by atoms with van der Waals surface area (Å²) in [5.74, 6) is 0.647. The summed E-state index contributed by atoms with van der Waals surface area (Å²) in [6.45, 7) is 1.92. The van der Waals surface area contributed by atoms with Gasteiger partial charge < -0.3 is 15.2 Å². The van der Waals surface area contributed by atoms with Crippen LogP contribution in [0.1, 0.15) is 44.1 Å². The third kappa shape index (κ3) is 3.73. The summed E-state index contributed by atoms with van der Waals surface area (Å²) >= 11 is 0. The van der Waals surface area contributed by atoms with Gasteiger partial charge in [-0.2, -0.15) is 0 Å². The van der Waals surface area contributed by atoms with Crippen molar-refractivity contribution in [1.82, 2.24) is 0 Å². The highest BCUT2D eigenvalue weighted by molar-refractivity contribution is 5.92. The Kier molecular flexibility index (Phi) is 4.65. The fourth-order valence-electron chi connectivity index (χ4n) is 2.78. The van der Waals surface area contributed by atoms with Crippen molar-refractivity contribution in [1.29, 1.82) is 0 Å². The van der Waals surface area contributed by atoms with Crippen molar-refractivity contribution in [3.63, 3.8) is 0 Å². The molecule has 1 saturated carbocycles. The lowest BCUT2D eigenvalue weighted by Crippen LogP contribution is -2.36. The monoisotopic (exact) mass is 277 g/mol. The fourth-order valence-corrected chi connectivity index (χ4v) is 2.78. The molecule has 0 aromatic heterocycles. The number of anilines is 1. The van der Waals surface area contributed by atoms with Crippen LogP contribution < -0.4 is 10.1 Å². The molecule has 1 fully saturated rings. The molecule has 2 N–H and O–H groups in total. The topological polar surface area (TPSA) is 58.6 Å². The number of aliphatic hydroxyl groups is 1. The summed E-state index contributed by atoms with van der Waals surface area (Å²) in [5, 5.41) is 13.3. The number of carbonyl (C=O) groups is 1. The molecule has 1 aromatic carbocycles. The van der Waals surface area contributed by atoms with Crippen molar-refractivity contribution in [2.75, 3.05) is 12.4 Å². The van der Waals surface area contributed by atoms with Crippen molar-refractivity contribution in [2.45, 2.75) is 51.0 Å². The van der Waals surface area contributed by atoms with E-state index in [9.17, 15) is 9.90 Å². The van der Waals surface area contributed by atoms with E-state index in [1.165, 1.54) is 0 Å². The number of aryl methyl sites for hydroxylation is 1. The van der Waals surface area contributed by atoms with Gasteiger partial charge in [-0.3, -0.25) is 4.79 Å². The quantitative estimate of drug-likeness (QED) is 0.889. The maximum atomic E-state index is 12.1. The van der Waals surface area contributed by atoms with Gasteiger partial charge in [0.25, 0.3) is 0 Å². The number of carbonyl (C=O) groups excluding carboxylic acids is 1. The highest BCUT2D eigenvalue weighted by Crippen LogP contribution is 2.31. The largest absolute Gasteiger partial charge is 0.497 e. The third-order valence-corrected chi connectivity index (χ3v) is 3.98. The maximum Gasteiger partial charge on any atom is 0.227 e. The molecular formula is C16H23NO3. The summed E-state index contributed by atoms with van der Waals surface area (Å²) in [5.41, 5.74) is 0.909. The van der Waals surface area contributed by atoms with E-state index in [1.807, 2.05) is 25.1 Å². The Morgan fingerprint density at radius 1 is 1.35 bits per heavy atom. The van der Waals surface area contributed by atoms with Gasteiger partial charge in [0.1, 0.15) is 5.75 Å². The predicted octanol–water partition coefficient (Wildman–Crippen LogP) is 3.03. The van der Waals surface area contributed by atoms with Crippen LogP contribution in [-0.4, -0.2) is 23.7 Å². The Labute approximate surface area is 120 Å². The first-order valence-corrected chi connectivity index (χ1v) is 7.19. The fraction of sp³-hybridized carbons (Fsp3) is 0.562. The highest BCUT2D eigenvalue weighted by atomic mass is 16.5. The standard InChI is InChI=1S/C16H23NO3/c1-12-10-13(20-2)6-7-14(12)17-15(18)11-16(19)8-4-3-5-9-16/h6-7,10,19H,3-5,8-9,11H2,1-2H3,(H,17,18). The third-order valence-electron chi connectivity index (χ3n) is 3.98. The van der Waals surface area contributed by atoms with Crippen LogP contribution in [0.5, 0.6) is 5.75 Å². The van der Waals surface area contributed by atoms with Gasteiger partial charge in [-0.15, -0.1) is 0 Å². The van der Waals surface area contributed by atoms with E-state index in [1.54, 1.807) is 7.11 Å². The van der Waals surface area contributed by atoms with Crippen molar-refractivity contribution in [3.8, 4) is 5.75 Å². The highest BCUT2D eigenvalue weighted by Gasteiger charge is 2.31. The number of amides is 1. The number of benzene rings is 1. The Morgan fingerprint density at radius 3 is 2.65 bits per heavy atom. The van der Waals surface area contributed by atoms with E-state index in [0.717, 1.165) is 49.1 Å². The van der Waals surface area contributed by atoms with Crippen molar-refractivity contribution in [2.24, 2.45) is 0 Å². The molecule has 2 rings (SSSR count). The molecule has 0 atom stereocenters. The normalized spacial score (nSPS) is 17.6. The zero-order valence-electron chi connectivity index (χ0n) is 12.2. The van der Waals surface area contributed by atoms with Crippen LogP contribution in [0.3, 0.4) is 0 Å². The lowest BCUT2D eigenvalue weighted by molar-refractivity contribution is -0.122. The Morgan fingerprint density at radius 2 is 2.05 bits per heavy atom. The number of hydrogen-bond donors (Lipinski definition) is 2. The molecule has 0 unspecified atom stereocenters. The van der Waals surface area contributed by atoms with E-state index < -0.39 is 5.60 Å². The van der Waals surface area contributed by atoms with Gasteiger partial charge in [0.15, 0.2) is 0 Å². The molecule has 0 heterocycles. The van der Waals surface area contributed by atoms with Crippen molar-refractivity contribution >= 4 is 11.6 Å². The second kappa shape index (κ2) is 6.27. The van der Waals surface area contributed by atoms with Gasteiger partial charge in [-0.1, -0.05) is 19.3 Å². The van der Waals surface area contributed by atoms with Gasteiger partial charge >= 0.3 is 0 Å². The average Bonchev–Trinajstić information content (AvgIpc) is 2.41. The summed E-state index contributed by atoms with van der Waals surface area (Å²) in [4.78, 5) is 12.1. The zero-order chi connectivity index (χ0) is 14.6. The first kappa shape index (κ1) is 14.9. The SMILES string of the molecule is COc1ccc(NC(=O)CC2(O)CCCCC2)c(C)c1. The van der Waals surface area contributed by atoms with Crippen LogP contribution in [0.4, 0.5) is 5.69 Å². The number of hydrogen-bond acceptors (Lipinski definition) is 3. The second-order valence-electron chi connectivity index (χ2n) is 5.69. The van der Waals surface area contributed by atoms with Crippen LogP contribution in [-0.2, 0) is 4.79 Å². The van der Waals surface area contributed by atoms with E-state index in [4.69, 9.17) is 4.74 Å². The van der Waals surface area contributed by atoms with Crippen LogP contribution in [0.25, 0.3) is 0 Å². The number of methoxy groups -OCH3 is 1. The minimum Gasteiger partial charge on any atom is -0.497 e. The molecule has 0 radical (unpaired) electrons. The Hall–Kier alpha value is -1.55. The molecule has 1 aromatic rings. The van der Waals surface area contributed by atoms with E-state index in [-0.39, 0.29) is 12.3 Å². The molecule has 1 aliphatic carbocycles. The molecule has 20 heavy (non-hydrogen) atoms. The molecule has 0 saturated heterocycles. The van der Waals surface area contributed by atoms with Crippen LogP contribution >= 0.6 is 0 Å². The minimum atomic E-state index is -0.817. The first-order chi connectivity index (χ1) is 9.52. The summed E-state index contributed by atoms with van der Waals surface area (Å²) in [6.07, 6.45) is 4.79. The molecule has 0 bridgehead atoms. The first-order valence-electron chi connectivity index (χ1n) is 7.19. The lowest BCUT2D eigenvalue weighted by atomic mass is 9.82. The number of rotatable bonds is 4. The molecular weight excluding hydrogens is 254 g/mol. The lowest BCUT2D eigenvalue weighted by Gasteiger charge is -2.31. The van der Waals surface area contributed by atoms with Gasteiger partial charge in [0.2, 0.25) is 5.91 Å². The molecule has 1 amide bonds. The summed E-state index contributed by atoms with van der Waals surface area (Å²) < 4.78 is 5.14. The average molecular weight is 277 g/mol. The molecule has 110 valence electrons.